The Morgan fingerprint density at radius 2 is 1.65 bits per heavy atom. The Hall–Kier alpha value is -3.44. The van der Waals surface area contributed by atoms with Crippen LogP contribution in [0.15, 0.2) is 84.2 Å². The summed E-state index contributed by atoms with van der Waals surface area (Å²) in [5, 5.41) is 6.02. The van der Waals surface area contributed by atoms with Gasteiger partial charge in [0.1, 0.15) is 10.8 Å². The molecule has 0 atom stereocenters. The van der Waals surface area contributed by atoms with Crippen LogP contribution in [0.5, 0.6) is 5.75 Å². The molecule has 1 amide bonds. The van der Waals surface area contributed by atoms with Crippen LogP contribution in [0.3, 0.4) is 0 Å². The van der Waals surface area contributed by atoms with Gasteiger partial charge in [0.2, 0.25) is 5.91 Å². The van der Waals surface area contributed by atoms with Crippen LogP contribution in [0.4, 0.5) is 0 Å². The van der Waals surface area contributed by atoms with Gasteiger partial charge >= 0.3 is 0 Å². The van der Waals surface area contributed by atoms with Gasteiger partial charge in [-0.25, -0.2) is 4.98 Å². The van der Waals surface area contributed by atoms with Gasteiger partial charge in [0.15, 0.2) is 0 Å². The average molecular weight is 429 g/mol. The summed E-state index contributed by atoms with van der Waals surface area (Å²) in [7, 11) is 0. The highest BCUT2D eigenvalue weighted by Gasteiger charge is 2.07. The molecule has 0 aliphatic heterocycles. The molecule has 1 heterocycles. The minimum Gasteiger partial charge on any atom is -0.493 e. The molecule has 0 bridgehead atoms. The van der Waals surface area contributed by atoms with Gasteiger partial charge in [-0.05, 0) is 24.6 Å². The summed E-state index contributed by atoms with van der Waals surface area (Å²) >= 11 is 1.64. The van der Waals surface area contributed by atoms with Crippen molar-refractivity contribution in [2.24, 2.45) is 0 Å². The number of aromatic nitrogens is 1. The quantitative estimate of drug-likeness (QED) is 0.382. The maximum absolute atomic E-state index is 12.1. The molecule has 5 heteroatoms. The van der Waals surface area contributed by atoms with Gasteiger partial charge < -0.3 is 10.1 Å². The number of rotatable bonds is 8. The molecule has 0 saturated carbocycles. The molecule has 3 aromatic carbocycles. The fraction of sp³-hybridized carbons (Fsp3) is 0.154. The van der Waals surface area contributed by atoms with E-state index in [1.165, 1.54) is 5.56 Å². The van der Waals surface area contributed by atoms with E-state index < -0.39 is 0 Å². The summed E-state index contributed by atoms with van der Waals surface area (Å²) in [6.07, 6.45) is 0.327. The molecule has 4 aromatic rings. The van der Waals surface area contributed by atoms with E-state index in [4.69, 9.17) is 9.72 Å². The second kappa shape index (κ2) is 10.0. The van der Waals surface area contributed by atoms with Crippen LogP contribution in [0.1, 0.15) is 17.5 Å². The van der Waals surface area contributed by atoms with Crippen molar-refractivity contribution in [2.45, 2.75) is 19.9 Å². The van der Waals surface area contributed by atoms with Crippen molar-refractivity contribution < 1.29 is 9.53 Å². The van der Waals surface area contributed by atoms with E-state index in [0.29, 0.717) is 19.6 Å². The molecule has 1 N–H and O–H groups in total. The molecule has 0 aliphatic carbocycles. The SMILES string of the molecule is Cc1ccc(-c2csc(-c3ccc(CNC(=O)CCOc4ccccc4)cc3)n2)cc1. The van der Waals surface area contributed by atoms with Crippen LogP contribution >= 0.6 is 11.3 Å². The van der Waals surface area contributed by atoms with Crippen molar-refractivity contribution in [3.8, 4) is 27.6 Å². The molecule has 4 nitrogen and oxygen atoms in total. The van der Waals surface area contributed by atoms with Gasteiger partial charge in [-0.3, -0.25) is 4.79 Å². The highest BCUT2D eigenvalue weighted by Crippen LogP contribution is 2.29. The molecule has 31 heavy (non-hydrogen) atoms. The second-order valence-corrected chi connectivity index (χ2v) is 8.15. The molecule has 0 saturated heterocycles. The number of ether oxygens (including phenoxy) is 1. The molecule has 0 spiro atoms. The fourth-order valence-corrected chi connectivity index (χ4v) is 3.93. The van der Waals surface area contributed by atoms with E-state index >= 15 is 0 Å². The van der Waals surface area contributed by atoms with Crippen molar-refractivity contribution >= 4 is 17.2 Å². The summed E-state index contributed by atoms with van der Waals surface area (Å²) < 4.78 is 5.57. The van der Waals surface area contributed by atoms with Gasteiger partial charge in [-0.15, -0.1) is 11.3 Å². The van der Waals surface area contributed by atoms with Gasteiger partial charge in [-0.1, -0.05) is 72.3 Å². The van der Waals surface area contributed by atoms with Gasteiger partial charge in [0.05, 0.1) is 18.7 Å². The molecule has 0 fully saturated rings. The lowest BCUT2D eigenvalue weighted by atomic mass is 10.1. The zero-order valence-electron chi connectivity index (χ0n) is 17.4. The molecule has 4 rings (SSSR count). The Kier molecular flexibility index (Phi) is 6.75. The van der Waals surface area contributed by atoms with Gasteiger partial charge in [0.25, 0.3) is 0 Å². The summed E-state index contributed by atoms with van der Waals surface area (Å²) in [6, 6.07) is 26.1. The normalized spacial score (nSPS) is 10.6. The number of hydrogen-bond acceptors (Lipinski definition) is 4. The number of thiazole rings is 1. The Morgan fingerprint density at radius 1 is 0.935 bits per heavy atom. The van der Waals surface area contributed by atoms with Crippen molar-refractivity contribution in [2.75, 3.05) is 6.61 Å². The first-order valence-electron chi connectivity index (χ1n) is 10.2. The third-order valence-corrected chi connectivity index (χ3v) is 5.77. The van der Waals surface area contributed by atoms with Gasteiger partial charge in [0, 0.05) is 23.1 Å². The van der Waals surface area contributed by atoms with Crippen molar-refractivity contribution in [1.82, 2.24) is 10.3 Å². The van der Waals surface area contributed by atoms with Crippen LogP contribution in [-0.2, 0) is 11.3 Å². The molecular weight excluding hydrogens is 404 g/mol. The average Bonchev–Trinajstić information content (AvgIpc) is 3.29. The van der Waals surface area contributed by atoms with Crippen molar-refractivity contribution in [1.29, 1.82) is 0 Å². The van der Waals surface area contributed by atoms with Crippen LogP contribution < -0.4 is 10.1 Å². The predicted molar refractivity (Wildman–Crippen MR) is 126 cm³/mol. The number of benzene rings is 3. The minimum atomic E-state index is -0.0253. The minimum absolute atomic E-state index is 0.0253. The third-order valence-electron chi connectivity index (χ3n) is 4.88. The summed E-state index contributed by atoms with van der Waals surface area (Å²) in [4.78, 5) is 16.8. The second-order valence-electron chi connectivity index (χ2n) is 7.29. The standard InChI is InChI=1S/C26H24N2O2S/c1-19-7-11-21(12-8-19)24-18-31-26(28-24)22-13-9-20(10-14-22)17-27-25(29)15-16-30-23-5-3-2-4-6-23/h2-14,18H,15-17H2,1H3,(H,27,29). The summed E-state index contributed by atoms with van der Waals surface area (Å²) in [5.74, 6) is 0.751. The fourth-order valence-electron chi connectivity index (χ4n) is 3.10. The summed E-state index contributed by atoms with van der Waals surface area (Å²) in [6.45, 7) is 2.94. The number of hydrogen-bond donors (Lipinski definition) is 1. The first kappa shape index (κ1) is 20.8. The van der Waals surface area contributed by atoms with E-state index in [2.05, 4.69) is 54.0 Å². The molecule has 156 valence electrons. The maximum atomic E-state index is 12.1. The highest BCUT2D eigenvalue weighted by molar-refractivity contribution is 7.13. The third kappa shape index (κ3) is 5.80. The van der Waals surface area contributed by atoms with E-state index in [1.54, 1.807) is 11.3 Å². The first-order valence-corrected chi connectivity index (χ1v) is 11.1. The van der Waals surface area contributed by atoms with E-state index in [1.807, 2.05) is 42.5 Å². The van der Waals surface area contributed by atoms with E-state index in [0.717, 1.165) is 33.1 Å². The molecule has 0 radical (unpaired) electrons. The number of aryl methyl sites for hydroxylation is 1. The Labute approximate surface area is 186 Å². The number of nitrogens with zero attached hydrogens (tertiary/aromatic N) is 1. The lowest BCUT2D eigenvalue weighted by Crippen LogP contribution is -2.24. The predicted octanol–water partition coefficient (Wildman–Crippen LogP) is 5.87. The Morgan fingerprint density at radius 3 is 2.39 bits per heavy atom. The number of para-hydroxylation sites is 1. The monoisotopic (exact) mass is 428 g/mol. The van der Waals surface area contributed by atoms with Gasteiger partial charge in [-0.2, -0.15) is 0 Å². The van der Waals surface area contributed by atoms with E-state index in [-0.39, 0.29) is 5.91 Å². The highest BCUT2D eigenvalue weighted by atomic mass is 32.1. The zero-order valence-corrected chi connectivity index (χ0v) is 18.2. The van der Waals surface area contributed by atoms with E-state index in [9.17, 15) is 4.79 Å². The topological polar surface area (TPSA) is 51.2 Å². The van der Waals surface area contributed by atoms with Crippen LogP contribution in [-0.4, -0.2) is 17.5 Å². The smallest absolute Gasteiger partial charge is 0.223 e. The number of amides is 1. The lowest BCUT2D eigenvalue weighted by Gasteiger charge is -2.08. The number of carbonyl (C=O) groups is 1. The van der Waals surface area contributed by atoms with Crippen molar-refractivity contribution in [3.05, 3.63) is 95.4 Å². The summed E-state index contributed by atoms with van der Waals surface area (Å²) in [5.41, 5.74) is 5.49. The molecule has 0 aliphatic rings. The largest absolute Gasteiger partial charge is 0.493 e. The lowest BCUT2D eigenvalue weighted by molar-refractivity contribution is -0.121. The first-order chi connectivity index (χ1) is 15.2. The van der Waals surface area contributed by atoms with Crippen molar-refractivity contribution in [3.63, 3.8) is 0 Å². The number of carbonyl (C=O) groups excluding carboxylic acids is 1. The molecule has 1 aromatic heterocycles. The molecule has 0 unspecified atom stereocenters. The molecular formula is C26H24N2O2S. The van der Waals surface area contributed by atoms with Crippen LogP contribution in [0.2, 0.25) is 0 Å². The zero-order chi connectivity index (χ0) is 21.5. The maximum Gasteiger partial charge on any atom is 0.223 e. The van der Waals surface area contributed by atoms with Crippen LogP contribution in [0.25, 0.3) is 21.8 Å². The Bertz CT molecular complexity index is 1120. The number of nitrogens with one attached hydrogen (secondary N) is 1. The van der Waals surface area contributed by atoms with Crippen LogP contribution in [0, 0.1) is 6.92 Å². The Balaban J connectivity index is 1.27.